The monoisotopic (exact) mass is 218 g/mol. The van der Waals surface area contributed by atoms with Crippen molar-refractivity contribution in [3.05, 3.63) is 23.5 Å². The Hall–Kier alpha value is -0.450. The second kappa shape index (κ2) is 5.32. The average Bonchev–Trinajstić information content (AvgIpc) is 2.48. The fourth-order valence-electron chi connectivity index (χ4n) is 0.866. The van der Waals surface area contributed by atoms with Crippen LogP contribution in [0.4, 0.5) is 0 Å². The maximum Gasteiger partial charge on any atom is 0.168 e. The van der Waals surface area contributed by atoms with E-state index in [1.807, 2.05) is 17.7 Å². The van der Waals surface area contributed by atoms with E-state index in [1.54, 1.807) is 18.0 Å². The van der Waals surface area contributed by atoms with Crippen molar-refractivity contribution in [2.75, 3.05) is 5.75 Å². The molecule has 0 spiro atoms. The Balaban J connectivity index is 2.61. The highest BCUT2D eigenvalue weighted by Crippen LogP contribution is 2.17. The molecule has 72 valence electrons. The lowest BCUT2D eigenvalue weighted by Crippen LogP contribution is -1.97. The third-order valence-electron chi connectivity index (χ3n) is 1.60. The largest absolute Gasteiger partial charge is 0.390 e. The summed E-state index contributed by atoms with van der Waals surface area (Å²) in [6.07, 6.45) is 3.52. The number of aliphatic hydroxyl groups excluding tert-OH is 1. The summed E-state index contributed by atoms with van der Waals surface area (Å²) in [7, 11) is 1.88. The Labute approximate surface area is 86.4 Å². The van der Waals surface area contributed by atoms with Crippen LogP contribution in [0.3, 0.4) is 0 Å². The number of aromatic nitrogens is 2. The first-order valence-corrected chi connectivity index (χ1v) is 5.21. The molecule has 1 N–H and O–H groups in total. The van der Waals surface area contributed by atoms with E-state index >= 15 is 0 Å². The molecule has 0 atom stereocenters. The van der Waals surface area contributed by atoms with Crippen molar-refractivity contribution in [1.82, 2.24) is 9.55 Å². The maximum absolute atomic E-state index is 8.90. The molecule has 0 fully saturated rings. The highest BCUT2D eigenvalue weighted by atomic mass is 35.5. The van der Waals surface area contributed by atoms with Crippen molar-refractivity contribution in [2.24, 2.45) is 7.05 Å². The lowest BCUT2D eigenvalue weighted by molar-refractivity contribution is 0.271. The van der Waals surface area contributed by atoms with Gasteiger partial charge in [0.05, 0.1) is 18.5 Å². The normalized spacial score (nSPS) is 11.3. The zero-order chi connectivity index (χ0) is 9.68. The fraction of sp³-hybridized carbons (Fsp3) is 0.375. The molecule has 0 radical (unpaired) electrons. The van der Waals surface area contributed by atoms with E-state index in [1.165, 1.54) is 5.54 Å². The van der Waals surface area contributed by atoms with Gasteiger partial charge < -0.3 is 9.67 Å². The van der Waals surface area contributed by atoms with Crippen LogP contribution >= 0.6 is 23.4 Å². The van der Waals surface area contributed by atoms with Gasteiger partial charge in [-0.1, -0.05) is 29.4 Å². The topological polar surface area (TPSA) is 38.0 Å². The van der Waals surface area contributed by atoms with Crippen LogP contribution in [0.25, 0.3) is 0 Å². The van der Waals surface area contributed by atoms with Crippen LogP contribution in [0.2, 0.25) is 0 Å². The predicted octanol–water partition coefficient (Wildman–Crippen LogP) is 1.76. The Bertz CT molecular complexity index is 298. The molecule has 0 aliphatic heterocycles. The summed E-state index contributed by atoms with van der Waals surface area (Å²) in [5, 5.41) is 9.79. The molecular formula is C8H11ClN2OS. The van der Waals surface area contributed by atoms with Gasteiger partial charge in [-0.25, -0.2) is 4.98 Å². The van der Waals surface area contributed by atoms with Gasteiger partial charge >= 0.3 is 0 Å². The standard InChI is InChI=1S/C8H11ClN2OS/c1-11-7(6-12)5-10-8(11)13-4-2-3-9/h2-3,5,12H,4,6H2,1H3. The maximum atomic E-state index is 8.90. The highest BCUT2D eigenvalue weighted by molar-refractivity contribution is 7.99. The van der Waals surface area contributed by atoms with Crippen molar-refractivity contribution in [3.8, 4) is 0 Å². The molecule has 1 aromatic heterocycles. The van der Waals surface area contributed by atoms with Gasteiger partial charge in [0.15, 0.2) is 5.16 Å². The van der Waals surface area contributed by atoms with Crippen molar-refractivity contribution in [2.45, 2.75) is 11.8 Å². The van der Waals surface area contributed by atoms with Gasteiger partial charge in [-0.15, -0.1) is 0 Å². The molecular weight excluding hydrogens is 208 g/mol. The van der Waals surface area contributed by atoms with Gasteiger partial charge in [-0.3, -0.25) is 0 Å². The Morgan fingerprint density at radius 2 is 2.54 bits per heavy atom. The van der Waals surface area contributed by atoms with Crippen molar-refractivity contribution >= 4 is 23.4 Å². The quantitative estimate of drug-likeness (QED) is 0.783. The van der Waals surface area contributed by atoms with E-state index in [-0.39, 0.29) is 6.61 Å². The van der Waals surface area contributed by atoms with Crippen LogP contribution in [-0.2, 0) is 13.7 Å². The summed E-state index contributed by atoms with van der Waals surface area (Å²) in [6, 6.07) is 0. The van der Waals surface area contributed by atoms with E-state index in [9.17, 15) is 0 Å². The number of nitrogens with zero attached hydrogens (tertiary/aromatic N) is 2. The number of halogens is 1. The molecule has 0 unspecified atom stereocenters. The summed E-state index contributed by atoms with van der Waals surface area (Å²) >= 11 is 6.96. The summed E-state index contributed by atoms with van der Waals surface area (Å²) < 4.78 is 1.87. The van der Waals surface area contributed by atoms with E-state index in [4.69, 9.17) is 16.7 Å². The predicted molar refractivity (Wildman–Crippen MR) is 54.8 cm³/mol. The summed E-state index contributed by atoms with van der Waals surface area (Å²) in [4.78, 5) is 4.15. The summed E-state index contributed by atoms with van der Waals surface area (Å²) in [6.45, 7) is 0.0232. The number of thioether (sulfide) groups is 1. The van der Waals surface area contributed by atoms with Crippen LogP contribution in [0, 0.1) is 0 Å². The summed E-state index contributed by atoms with van der Waals surface area (Å²) in [5.41, 5.74) is 2.31. The average molecular weight is 219 g/mol. The van der Waals surface area contributed by atoms with Gasteiger partial charge in [0.2, 0.25) is 0 Å². The van der Waals surface area contributed by atoms with Crippen LogP contribution < -0.4 is 0 Å². The number of imidazole rings is 1. The number of hydrogen-bond donors (Lipinski definition) is 1. The third kappa shape index (κ3) is 2.76. The Morgan fingerprint density at radius 3 is 3.08 bits per heavy atom. The molecule has 1 aromatic rings. The molecule has 1 rings (SSSR count). The lowest BCUT2D eigenvalue weighted by Gasteiger charge is -2.01. The van der Waals surface area contributed by atoms with Crippen LogP contribution in [0.15, 0.2) is 23.0 Å². The van der Waals surface area contributed by atoms with Gasteiger partial charge in [-0.05, 0) is 0 Å². The first-order valence-electron chi connectivity index (χ1n) is 3.79. The molecule has 0 amide bonds. The second-order valence-electron chi connectivity index (χ2n) is 2.42. The zero-order valence-corrected chi connectivity index (χ0v) is 8.85. The molecule has 5 heteroatoms. The van der Waals surface area contributed by atoms with Gasteiger partial charge in [0, 0.05) is 18.3 Å². The number of hydrogen-bond acceptors (Lipinski definition) is 3. The van der Waals surface area contributed by atoms with Gasteiger partial charge in [-0.2, -0.15) is 0 Å². The molecule has 13 heavy (non-hydrogen) atoms. The van der Waals surface area contributed by atoms with E-state index in [0.29, 0.717) is 0 Å². The van der Waals surface area contributed by atoms with Crippen molar-refractivity contribution < 1.29 is 5.11 Å². The molecule has 0 bridgehead atoms. The molecule has 1 heterocycles. The third-order valence-corrected chi connectivity index (χ3v) is 2.78. The van der Waals surface area contributed by atoms with Crippen molar-refractivity contribution in [3.63, 3.8) is 0 Å². The molecule has 0 aliphatic carbocycles. The minimum atomic E-state index is 0.0232. The van der Waals surface area contributed by atoms with Crippen LogP contribution in [0.1, 0.15) is 5.69 Å². The van der Waals surface area contributed by atoms with E-state index in [2.05, 4.69) is 4.98 Å². The van der Waals surface area contributed by atoms with Crippen LogP contribution in [-0.4, -0.2) is 20.4 Å². The highest BCUT2D eigenvalue weighted by Gasteiger charge is 2.04. The molecule has 0 aromatic carbocycles. The SMILES string of the molecule is Cn1c(CO)cnc1SCC=CCl. The molecule has 0 saturated heterocycles. The first-order chi connectivity index (χ1) is 6.29. The summed E-state index contributed by atoms with van der Waals surface area (Å²) in [5.74, 6) is 0.791. The fourth-order valence-corrected chi connectivity index (χ4v) is 1.84. The van der Waals surface area contributed by atoms with Crippen molar-refractivity contribution in [1.29, 1.82) is 0 Å². The first kappa shape index (κ1) is 10.6. The second-order valence-corrected chi connectivity index (χ2v) is 3.66. The number of rotatable bonds is 4. The lowest BCUT2D eigenvalue weighted by atomic mass is 10.5. The smallest absolute Gasteiger partial charge is 0.168 e. The molecule has 0 aliphatic rings. The van der Waals surface area contributed by atoms with Gasteiger partial charge in [0.25, 0.3) is 0 Å². The van der Waals surface area contributed by atoms with E-state index in [0.717, 1.165) is 16.6 Å². The molecule has 3 nitrogen and oxygen atoms in total. The Kier molecular flexibility index (Phi) is 4.35. The van der Waals surface area contributed by atoms with Gasteiger partial charge in [0.1, 0.15) is 0 Å². The van der Waals surface area contributed by atoms with E-state index < -0.39 is 0 Å². The molecule has 0 saturated carbocycles. The number of aliphatic hydroxyl groups is 1. The Morgan fingerprint density at radius 1 is 1.77 bits per heavy atom. The minimum absolute atomic E-state index is 0.0232. The van der Waals surface area contributed by atoms with Crippen LogP contribution in [0.5, 0.6) is 0 Å². The zero-order valence-electron chi connectivity index (χ0n) is 7.27. The minimum Gasteiger partial charge on any atom is -0.390 e.